The average Bonchev–Trinajstić information content (AvgIpc) is 3.02. The van der Waals surface area contributed by atoms with E-state index in [4.69, 9.17) is 0 Å². The first-order chi connectivity index (χ1) is 12.3. The molecule has 0 N–H and O–H groups in total. The highest BCUT2D eigenvalue weighted by atomic mass is 32.2. The summed E-state index contributed by atoms with van der Waals surface area (Å²) in [5, 5.41) is 0. The molecule has 2 aliphatic rings. The van der Waals surface area contributed by atoms with Crippen molar-refractivity contribution >= 4 is 40.9 Å². The summed E-state index contributed by atoms with van der Waals surface area (Å²) in [5.74, 6) is -0.407. The molecule has 0 atom stereocenters. The zero-order valence-electron chi connectivity index (χ0n) is 15.1. The van der Waals surface area contributed by atoms with Crippen LogP contribution in [-0.2, 0) is 10.2 Å². The monoisotopic (exact) mass is 381 g/mol. The molecule has 2 aliphatic heterocycles. The van der Waals surface area contributed by atoms with E-state index in [-0.39, 0.29) is 22.7 Å². The number of benzene rings is 2. The first kappa shape index (κ1) is 17.4. The van der Waals surface area contributed by atoms with Gasteiger partial charge in [0, 0.05) is 22.4 Å². The molecule has 5 heteroatoms. The minimum absolute atomic E-state index is 0.0613. The number of anilines is 1. The molecule has 0 radical (unpaired) electrons. The Morgan fingerprint density at radius 3 is 2.35 bits per heavy atom. The molecule has 4 rings (SSSR count). The van der Waals surface area contributed by atoms with Crippen LogP contribution >= 0.6 is 23.5 Å². The summed E-state index contributed by atoms with van der Waals surface area (Å²) in [5.41, 5.74) is 2.86. The highest BCUT2D eigenvalue weighted by molar-refractivity contribution is 8.24. The molecular weight excluding hydrogens is 362 g/mol. The highest BCUT2D eigenvalue weighted by Crippen LogP contribution is 2.54. The summed E-state index contributed by atoms with van der Waals surface area (Å²) >= 11 is 3.05. The topological polar surface area (TPSA) is 37.4 Å². The van der Waals surface area contributed by atoms with Crippen molar-refractivity contribution in [3.8, 4) is 0 Å². The molecule has 0 aromatic heterocycles. The molecule has 0 spiro atoms. The summed E-state index contributed by atoms with van der Waals surface area (Å²) in [4.78, 5) is 29.7. The second-order valence-corrected chi connectivity index (χ2v) is 9.85. The third kappa shape index (κ3) is 2.70. The van der Waals surface area contributed by atoms with Crippen molar-refractivity contribution in [3.63, 3.8) is 0 Å². The fourth-order valence-electron chi connectivity index (χ4n) is 3.11. The number of ketones is 1. The van der Waals surface area contributed by atoms with Crippen LogP contribution in [0.15, 0.2) is 62.1 Å². The highest BCUT2D eigenvalue weighted by Gasteiger charge is 2.37. The predicted molar refractivity (Wildman–Crippen MR) is 108 cm³/mol. The summed E-state index contributed by atoms with van der Waals surface area (Å²) < 4.78 is 0.780. The lowest BCUT2D eigenvalue weighted by Crippen LogP contribution is -2.37. The van der Waals surface area contributed by atoms with Crippen LogP contribution in [0, 0.1) is 0 Å². The van der Waals surface area contributed by atoms with Crippen molar-refractivity contribution in [1.82, 2.24) is 0 Å². The zero-order chi connectivity index (χ0) is 18.6. The van der Waals surface area contributed by atoms with Crippen molar-refractivity contribution in [1.29, 1.82) is 0 Å². The van der Waals surface area contributed by atoms with Crippen molar-refractivity contribution in [2.45, 2.75) is 36.0 Å². The maximum atomic E-state index is 13.0. The van der Waals surface area contributed by atoms with E-state index >= 15 is 0 Å². The molecule has 0 fully saturated rings. The Morgan fingerprint density at radius 1 is 0.923 bits per heavy atom. The molecule has 2 aromatic rings. The quantitative estimate of drug-likeness (QED) is 0.461. The SMILES string of the molecule is CN1C(=O)C(=C2Sc3ccc(C(C)(C)C)cc3S2)C(=O)c2ccccc21. The number of hydrogen-bond acceptors (Lipinski definition) is 4. The maximum absolute atomic E-state index is 13.0. The van der Waals surface area contributed by atoms with Gasteiger partial charge in [-0.15, -0.1) is 0 Å². The van der Waals surface area contributed by atoms with Gasteiger partial charge in [-0.25, -0.2) is 0 Å². The molecule has 2 heterocycles. The van der Waals surface area contributed by atoms with Gasteiger partial charge in [-0.05, 0) is 35.2 Å². The third-order valence-corrected chi connectivity index (χ3v) is 7.22. The molecule has 132 valence electrons. The Kier molecular flexibility index (Phi) is 4.04. The number of likely N-dealkylation sites (N-methyl/N-ethyl adjacent to an activating group) is 1. The van der Waals surface area contributed by atoms with E-state index in [1.165, 1.54) is 29.1 Å². The van der Waals surface area contributed by atoms with Crippen molar-refractivity contribution in [2.75, 3.05) is 11.9 Å². The zero-order valence-corrected chi connectivity index (χ0v) is 16.8. The minimum Gasteiger partial charge on any atom is -0.311 e. The molecule has 0 unspecified atom stereocenters. The normalized spacial score (nSPS) is 19.6. The first-order valence-corrected chi connectivity index (χ1v) is 10.1. The van der Waals surface area contributed by atoms with E-state index in [9.17, 15) is 9.59 Å². The molecule has 0 saturated carbocycles. The second-order valence-electron chi connectivity index (χ2n) is 7.49. The number of nitrogens with zero attached hydrogens (tertiary/aromatic N) is 1. The van der Waals surface area contributed by atoms with Gasteiger partial charge in [0.25, 0.3) is 5.91 Å². The summed E-state index contributed by atoms with van der Waals surface area (Å²) in [6.07, 6.45) is 0. The summed E-state index contributed by atoms with van der Waals surface area (Å²) in [7, 11) is 1.73. The van der Waals surface area contributed by atoms with Gasteiger partial charge < -0.3 is 4.90 Å². The van der Waals surface area contributed by atoms with Gasteiger partial charge in [0.1, 0.15) is 5.57 Å². The van der Waals surface area contributed by atoms with Crippen LogP contribution in [0.25, 0.3) is 0 Å². The smallest absolute Gasteiger partial charge is 0.263 e. The number of carbonyl (C=O) groups is 2. The molecule has 2 aromatic carbocycles. The van der Waals surface area contributed by atoms with Crippen LogP contribution in [0.4, 0.5) is 5.69 Å². The van der Waals surface area contributed by atoms with Crippen LogP contribution in [-0.4, -0.2) is 18.7 Å². The Bertz CT molecular complexity index is 986. The van der Waals surface area contributed by atoms with E-state index in [0.717, 1.165) is 14.0 Å². The standard InChI is InChI=1S/C21H19NO2S2/c1-21(2,3)12-9-10-15-16(11-12)26-20(25-15)17-18(23)13-7-5-6-8-14(13)22(4)19(17)24/h5-11H,1-4H3. The van der Waals surface area contributed by atoms with Gasteiger partial charge in [0.15, 0.2) is 0 Å². The molecular formula is C21H19NO2S2. The number of fused-ring (bicyclic) bond motifs is 2. The average molecular weight is 382 g/mol. The Hall–Kier alpha value is -1.98. The van der Waals surface area contributed by atoms with Gasteiger partial charge in [-0.1, -0.05) is 62.5 Å². The van der Waals surface area contributed by atoms with Gasteiger partial charge in [0.05, 0.1) is 9.92 Å². The molecule has 0 bridgehead atoms. The van der Waals surface area contributed by atoms with Crippen molar-refractivity contribution in [3.05, 3.63) is 63.4 Å². The number of hydrogen-bond donors (Lipinski definition) is 0. The van der Waals surface area contributed by atoms with Crippen LogP contribution in [0.1, 0.15) is 36.7 Å². The van der Waals surface area contributed by atoms with Crippen LogP contribution in [0.5, 0.6) is 0 Å². The Morgan fingerprint density at radius 2 is 1.62 bits per heavy atom. The van der Waals surface area contributed by atoms with Crippen molar-refractivity contribution in [2.24, 2.45) is 0 Å². The first-order valence-electron chi connectivity index (χ1n) is 8.43. The van der Waals surface area contributed by atoms with Gasteiger partial charge in [-0.2, -0.15) is 0 Å². The number of Topliss-reactive ketones (excluding diaryl/α,β-unsaturated/α-hetero) is 1. The molecule has 0 saturated heterocycles. The predicted octanol–water partition coefficient (Wildman–Crippen LogP) is 5.25. The van der Waals surface area contributed by atoms with Gasteiger partial charge in [-0.3, -0.25) is 9.59 Å². The van der Waals surface area contributed by atoms with Crippen LogP contribution in [0.2, 0.25) is 0 Å². The number of carbonyl (C=O) groups excluding carboxylic acids is 2. The van der Waals surface area contributed by atoms with E-state index in [1.807, 2.05) is 18.2 Å². The molecule has 1 amide bonds. The number of rotatable bonds is 0. The van der Waals surface area contributed by atoms with E-state index in [2.05, 4.69) is 39.0 Å². The van der Waals surface area contributed by atoms with Gasteiger partial charge >= 0.3 is 0 Å². The summed E-state index contributed by atoms with van der Waals surface area (Å²) in [6.45, 7) is 6.54. The number of thioether (sulfide) groups is 2. The van der Waals surface area contributed by atoms with Gasteiger partial charge in [0.2, 0.25) is 5.78 Å². The van der Waals surface area contributed by atoms with E-state index in [1.54, 1.807) is 18.0 Å². The van der Waals surface area contributed by atoms with Crippen molar-refractivity contribution < 1.29 is 9.59 Å². The lowest BCUT2D eigenvalue weighted by atomic mass is 9.87. The largest absolute Gasteiger partial charge is 0.311 e. The van der Waals surface area contributed by atoms with Crippen LogP contribution < -0.4 is 4.90 Å². The number of para-hydroxylation sites is 1. The lowest BCUT2D eigenvalue weighted by molar-refractivity contribution is -0.114. The maximum Gasteiger partial charge on any atom is 0.263 e. The Balaban J connectivity index is 1.79. The fraction of sp³-hybridized carbons (Fsp3) is 0.238. The summed E-state index contributed by atoms with van der Waals surface area (Å²) in [6, 6.07) is 13.7. The van der Waals surface area contributed by atoms with E-state index < -0.39 is 0 Å². The van der Waals surface area contributed by atoms with E-state index in [0.29, 0.717) is 11.3 Å². The number of amides is 1. The third-order valence-electron chi connectivity index (χ3n) is 4.67. The second kappa shape index (κ2) is 6.03. The molecule has 26 heavy (non-hydrogen) atoms. The Labute approximate surface area is 161 Å². The van der Waals surface area contributed by atoms with Crippen LogP contribution in [0.3, 0.4) is 0 Å². The lowest BCUT2D eigenvalue weighted by Gasteiger charge is -2.27. The molecule has 3 nitrogen and oxygen atoms in total. The molecule has 0 aliphatic carbocycles. The fourth-order valence-corrected chi connectivity index (χ4v) is 5.68. The minimum atomic E-state index is -0.229.